The molecule has 1 saturated carbocycles. The number of hydrogen-bond acceptors (Lipinski definition) is 5. The van der Waals surface area contributed by atoms with Crippen molar-refractivity contribution in [1.82, 2.24) is 15.1 Å². The molecule has 1 amide bonds. The van der Waals surface area contributed by atoms with E-state index in [1.807, 2.05) is 72.8 Å². The van der Waals surface area contributed by atoms with Gasteiger partial charge in [-0.2, -0.15) is 0 Å². The summed E-state index contributed by atoms with van der Waals surface area (Å²) >= 11 is 0. The molecule has 160 valence electrons. The number of para-hydroxylation sites is 1. The highest BCUT2D eigenvalue weighted by molar-refractivity contribution is 6.15. The first kappa shape index (κ1) is 19.4. The molecule has 6 heteroatoms. The Morgan fingerprint density at radius 1 is 0.909 bits per heavy atom. The van der Waals surface area contributed by atoms with Crippen molar-refractivity contribution in [3.63, 3.8) is 0 Å². The summed E-state index contributed by atoms with van der Waals surface area (Å²) in [6, 6.07) is 23.2. The number of benzene rings is 2. The fourth-order valence-electron chi connectivity index (χ4n) is 4.10. The number of carbonyl (C=O) groups excluding carboxylic acids is 1. The lowest BCUT2D eigenvalue weighted by Crippen LogP contribution is -2.14. The van der Waals surface area contributed by atoms with Gasteiger partial charge in [-0.1, -0.05) is 53.7 Å². The molecule has 0 spiro atoms. The van der Waals surface area contributed by atoms with Crippen LogP contribution in [0.3, 0.4) is 0 Å². The zero-order valence-corrected chi connectivity index (χ0v) is 17.7. The maximum absolute atomic E-state index is 13.7. The number of amides is 1. The van der Waals surface area contributed by atoms with Gasteiger partial charge >= 0.3 is 0 Å². The van der Waals surface area contributed by atoms with Crippen molar-refractivity contribution in [3.8, 4) is 22.4 Å². The van der Waals surface area contributed by atoms with Gasteiger partial charge in [-0.25, -0.2) is 4.98 Å². The molecule has 1 aliphatic carbocycles. The van der Waals surface area contributed by atoms with Gasteiger partial charge in [0.05, 0.1) is 10.9 Å². The quantitative estimate of drug-likeness (QED) is 0.364. The van der Waals surface area contributed by atoms with Gasteiger partial charge in [0, 0.05) is 40.8 Å². The topological polar surface area (TPSA) is 80.9 Å². The average Bonchev–Trinajstić information content (AvgIpc) is 3.64. The first-order valence-corrected chi connectivity index (χ1v) is 10.9. The molecule has 33 heavy (non-hydrogen) atoms. The van der Waals surface area contributed by atoms with Crippen molar-refractivity contribution in [3.05, 3.63) is 96.4 Å². The molecule has 3 heterocycles. The summed E-state index contributed by atoms with van der Waals surface area (Å²) in [5, 5.41) is 8.02. The molecule has 0 unspecified atom stereocenters. The lowest BCUT2D eigenvalue weighted by molar-refractivity contribution is 0.102. The van der Waals surface area contributed by atoms with E-state index in [1.165, 1.54) is 0 Å². The van der Waals surface area contributed by atoms with Crippen LogP contribution >= 0.6 is 0 Å². The molecule has 0 radical (unpaired) electrons. The van der Waals surface area contributed by atoms with E-state index in [-0.39, 0.29) is 5.91 Å². The lowest BCUT2D eigenvalue weighted by atomic mass is 10.0. The minimum absolute atomic E-state index is 0.216. The zero-order chi connectivity index (χ0) is 22.2. The van der Waals surface area contributed by atoms with Gasteiger partial charge in [0.2, 0.25) is 0 Å². The summed E-state index contributed by atoms with van der Waals surface area (Å²) in [6.45, 7) is 0. The number of hydrogen-bond donors (Lipinski definition) is 1. The Morgan fingerprint density at radius 3 is 2.45 bits per heavy atom. The number of pyridine rings is 2. The molecule has 3 aromatic heterocycles. The first-order chi connectivity index (χ1) is 16.3. The maximum Gasteiger partial charge on any atom is 0.259 e. The van der Waals surface area contributed by atoms with Crippen molar-refractivity contribution >= 4 is 22.7 Å². The van der Waals surface area contributed by atoms with Crippen molar-refractivity contribution < 1.29 is 9.32 Å². The Labute approximate surface area is 190 Å². The van der Waals surface area contributed by atoms with E-state index >= 15 is 0 Å². The predicted molar refractivity (Wildman–Crippen MR) is 127 cm³/mol. The smallest absolute Gasteiger partial charge is 0.259 e. The van der Waals surface area contributed by atoms with Gasteiger partial charge in [0.1, 0.15) is 5.69 Å². The van der Waals surface area contributed by atoms with Crippen LogP contribution in [0.25, 0.3) is 33.5 Å². The second kappa shape index (κ2) is 7.98. The number of anilines is 1. The Hall–Kier alpha value is -4.32. The summed E-state index contributed by atoms with van der Waals surface area (Å²) in [4.78, 5) is 22.4. The number of carbonyl (C=O) groups is 1. The number of aromatic nitrogens is 3. The van der Waals surface area contributed by atoms with Crippen LogP contribution in [0.1, 0.15) is 34.8 Å². The molecule has 6 rings (SSSR count). The van der Waals surface area contributed by atoms with Gasteiger partial charge in [0.25, 0.3) is 11.6 Å². The van der Waals surface area contributed by atoms with Gasteiger partial charge in [0.15, 0.2) is 0 Å². The van der Waals surface area contributed by atoms with E-state index < -0.39 is 0 Å². The Kier molecular flexibility index (Phi) is 4.69. The number of rotatable bonds is 5. The van der Waals surface area contributed by atoms with Crippen LogP contribution in [0, 0.1) is 0 Å². The van der Waals surface area contributed by atoms with Crippen molar-refractivity contribution in [2.24, 2.45) is 0 Å². The second-order valence-corrected chi connectivity index (χ2v) is 8.18. The molecule has 6 nitrogen and oxygen atoms in total. The van der Waals surface area contributed by atoms with Crippen LogP contribution in [0.2, 0.25) is 0 Å². The summed E-state index contributed by atoms with van der Waals surface area (Å²) in [7, 11) is 0. The van der Waals surface area contributed by atoms with Crippen LogP contribution in [0.4, 0.5) is 5.69 Å². The normalized spacial score (nSPS) is 13.2. The minimum Gasteiger partial charge on any atom is -0.335 e. The molecule has 1 aliphatic rings. The number of nitrogens with zero attached hydrogens (tertiary/aromatic N) is 3. The molecule has 0 saturated heterocycles. The highest BCUT2D eigenvalue weighted by Gasteiger charge is 2.29. The summed E-state index contributed by atoms with van der Waals surface area (Å²) < 4.78 is 5.61. The third kappa shape index (κ3) is 3.65. The van der Waals surface area contributed by atoms with Gasteiger partial charge in [-0.05, 0) is 42.7 Å². The molecular weight excluding hydrogens is 412 g/mol. The van der Waals surface area contributed by atoms with Crippen molar-refractivity contribution in [2.75, 3.05) is 5.32 Å². The summed E-state index contributed by atoms with van der Waals surface area (Å²) in [6.07, 6.45) is 5.63. The fourth-order valence-corrected chi connectivity index (χ4v) is 4.10. The third-order valence-corrected chi connectivity index (χ3v) is 5.92. The Bertz CT molecular complexity index is 1460. The van der Waals surface area contributed by atoms with Gasteiger partial charge < -0.3 is 9.84 Å². The fraction of sp³-hybridized carbons (Fsp3) is 0.111. The van der Waals surface area contributed by atoms with Crippen LogP contribution in [-0.4, -0.2) is 21.0 Å². The summed E-state index contributed by atoms with van der Waals surface area (Å²) in [5.74, 6) is 0.154. The third-order valence-electron chi connectivity index (χ3n) is 5.92. The highest BCUT2D eigenvalue weighted by atomic mass is 16.5. The lowest BCUT2D eigenvalue weighted by Gasteiger charge is -2.12. The number of fused-ring (bicyclic) bond motifs is 1. The molecule has 0 bridgehead atoms. The predicted octanol–water partition coefficient (Wildman–Crippen LogP) is 6.08. The first-order valence-electron chi connectivity index (χ1n) is 10.9. The molecule has 5 aromatic rings. The molecule has 1 N–H and O–H groups in total. The molecule has 0 atom stereocenters. The average molecular weight is 432 g/mol. The standard InChI is InChI=1S/C27H20N4O2/c32-26(29-22-9-5-4-8-20(22)17-12-14-28-15-13-17)21-16-23(18-10-11-18)30-27-24(21)25(31-33-27)19-6-2-1-3-7-19/h1-9,12-16,18H,10-11H2,(H,29,32). The molecule has 2 aromatic carbocycles. The Morgan fingerprint density at radius 2 is 1.67 bits per heavy atom. The molecule has 0 aliphatic heterocycles. The van der Waals surface area contributed by atoms with Crippen molar-refractivity contribution in [2.45, 2.75) is 18.8 Å². The van der Waals surface area contributed by atoms with E-state index in [0.29, 0.717) is 28.3 Å². The van der Waals surface area contributed by atoms with E-state index in [4.69, 9.17) is 4.52 Å². The van der Waals surface area contributed by atoms with Gasteiger partial charge in [-0.3, -0.25) is 9.78 Å². The monoisotopic (exact) mass is 432 g/mol. The molecule has 1 fully saturated rings. The van der Waals surface area contributed by atoms with Crippen LogP contribution in [-0.2, 0) is 0 Å². The van der Waals surface area contributed by atoms with E-state index in [0.717, 1.165) is 40.9 Å². The zero-order valence-electron chi connectivity index (χ0n) is 17.7. The molecular formula is C27H20N4O2. The van der Waals surface area contributed by atoms with Crippen LogP contribution in [0.15, 0.2) is 89.7 Å². The van der Waals surface area contributed by atoms with Gasteiger partial charge in [-0.15, -0.1) is 0 Å². The largest absolute Gasteiger partial charge is 0.335 e. The van der Waals surface area contributed by atoms with Crippen LogP contribution < -0.4 is 5.32 Å². The minimum atomic E-state index is -0.216. The van der Waals surface area contributed by atoms with E-state index in [9.17, 15) is 4.79 Å². The second-order valence-electron chi connectivity index (χ2n) is 8.18. The maximum atomic E-state index is 13.7. The van der Waals surface area contributed by atoms with E-state index in [1.54, 1.807) is 12.4 Å². The number of nitrogens with one attached hydrogen (secondary N) is 1. The highest BCUT2D eigenvalue weighted by Crippen LogP contribution is 2.41. The Balaban J connectivity index is 1.46. The van der Waals surface area contributed by atoms with E-state index in [2.05, 4.69) is 20.4 Å². The van der Waals surface area contributed by atoms with Crippen molar-refractivity contribution in [1.29, 1.82) is 0 Å². The summed E-state index contributed by atoms with van der Waals surface area (Å²) in [5.41, 5.74) is 5.92. The SMILES string of the molecule is O=C(Nc1ccccc1-c1ccncc1)c1cc(C2CC2)nc2onc(-c3ccccc3)c12. The van der Waals surface area contributed by atoms with Crippen LogP contribution in [0.5, 0.6) is 0 Å².